The lowest BCUT2D eigenvalue weighted by Gasteiger charge is -2.22. The Labute approximate surface area is 142 Å². The lowest BCUT2D eigenvalue weighted by atomic mass is 10.1. The van der Waals surface area contributed by atoms with Gasteiger partial charge >= 0.3 is 0 Å². The largest absolute Gasteiger partial charge is 0.491 e. The number of pyridine rings is 1. The number of amides is 1. The summed E-state index contributed by atoms with van der Waals surface area (Å²) < 4.78 is 11.4. The minimum absolute atomic E-state index is 0.171. The molecule has 5 nitrogen and oxygen atoms in total. The maximum atomic E-state index is 12.2. The average molecular weight is 326 g/mol. The number of ether oxygens (including phenoxy) is 2. The zero-order valence-electron chi connectivity index (χ0n) is 13.8. The molecule has 1 aliphatic rings. The van der Waals surface area contributed by atoms with Crippen LogP contribution in [-0.4, -0.2) is 30.2 Å². The van der Waals surface area contributed by atoms with Crippen LogP contribution in [0.25, 0.3) is 0 Å². The summed E-state index contributed by atoms with van der Waals surface area (Å²) >= 11 is 0. The van der Waals surface area contributed by atoms with E-state index >= 15 is 0 Å². The fourth-order valence-electron chi connectivity index (χ4n) is 2.64. The first-order valence-electron chi connectivity index (χ1n) is 8.28. The van der Waals surface area contributed by atoms with Crippen molar-refractivity contribution < 1.29 is 14.3 Å². The second-order valence-electron chi connectivity index (χ2n) is 6.03. The van der Waals surface area contributed by atoms with Gasteiger partial charge in [-0.3, -0.25) is 9.78 Å². The van der Waals surface area contributed by atoms with Crippen molar-refractivity contribution in [1.82, 2.24) is 4.98 Å². The maximum Gasteiger partial charge on any atom is 0.257 e. The number of aromatic nitrogens is 1. The molecule has 1 N–H and O–H groups in total. The van der Waals surface area contributed by atoms with Crippen LogP contribution in [-0.2, 0) is 4.74 Å². The fraction of sp³-hybridized carbons (Fsp3) is 0.368. The molecule has 0 spiro atoms. The lowest BCUT2D eigenvalue weighted by molar-refractivity contribution is -0.0110. The highest BCUT2D eigenvalue weighted by Gasteiger charge is 2.14. The Morgan fingerprint density at radius 2 is 2.12 bits per heavy atom. The van der Waals surface area contributed by atoms with Gasteiger partial charge in [-0.15, -0.1) is 0 Å². The molecule has 0 aliphatic carbocycles. The number of nitrogens with one attached hydrogen (secondary N) is 1. The number of hydrogen-bond donors (Lipinski definition) is 1. The van der Waals surface area contributed by atoms with Crippen LogP contribution in [0.2, 0.25) is 0 Å². The number of carbonyl (C=O) groups is 1. The highest BCUT2D eigenvalue weighted by atomic mass is 16.5. The SMILES string of the molecule is Cc1cncc(C(=O)Nc2ccc(OCC3CCCCO3)cc2)c1. The van der Waals surface area contributed by atoms with E-state index in [0.29, 0.717) is 12.2 Å². The van der Waals surface area contributed by atoms with Gasteiger partial charge in [0.05, 0.1) is 11.7 Å². The molecule has 0 bridgehead atoms. The Kier molecular flexibility index (Phi) is 5.43. The van der Waals surface area contributed by atoms with Crippen LogP contribution in [0, 0.1) is 6.92 Å². The Morgan fingerprint density at radius 1 is 1.29 bits per heavy atom. The van der Waals surface area contributed by atoms with E-state index in [9.17, 15) is 4.79 Å². The number of nitrogens with zero attached hydrogens (tertiary/aromatic N) is 1. The van der Waals surface area contributed by atoms with Gasteiger partial charge in [-0.1, -0.05) is 0 Å². The number of benzene rings is 1. The molecule has 3 rings (SSSR count). The van der Waals surface area contributed by atoms with Crippen molar-refractivity contribution in [2.24, 2.45) is 0 Å². The first-order chi connectivity index (χ1) is 11.7. The van der Waals surface area contributed by atoms with Crippen molar-refractivity contribution in [3.8, 4) is 5.75 Å². The molecule has 1 fully saturated rings. The first kappa shape index (κ1) is 16.5. The average Bonchev–Trinajstić information content (AvgIpc) is 2.62. The molecular weight excluding hydrogens is 304 g/mol. The Bertz CT molecular complexity index is 679. The minimum Gasteiger partial charge on any atom is -0.491 e. The van der Waals surface area contributed by atoms with Gasteiger partial charge in [0.2, 0.25) is 0 Å². The molecule has 1 atom stereocenters. The zero-order valence-corrected chi connectivity index (χ0v) is 13.8. The van der Waals surface area contributed by atoms with Crippen molar-refractivity contribution in [3.63, 3.8) is 0 Å². The Balaban J connectivity index is 1.53. The molecular formula is C19H22N2O3. The smallest absolute Gasteiger partial charge is 0.257 e. The molecule has 5 heteroatoms. The quantitative estimate of drug-likeness (QED) is 0.912. The summed E-state index contributed by atoms with van der Waals surface area (Å²) in [5.41, 5.74) is 2.23. The van der Waals surface area contributed by atoms with Gasteiger partial charge in [0.1, 0.15) is 12.4 Å². The van der Waals surface area contributed by atoms with Crippen molar-refractivity contribution in [1.29, 1.82) is 0 Å². The molecule has 2 heterocycles. The standard InChI is InChI=1S/C19H22N2O3/c1-14-10-15(12-20-11-14)19(22)21-16-5-7-17(8-6-16)24-13-18-4-2-3-9-23-18/h5-8,10-12,18H,2-4,9,13H2,1H3,(H,21,22). The van der Waals surface area contributed by atoms with Crippen molar-refractivity contribution in [2.75, 3.05) is 18.5 Å². The Morgan fingerprint density at radius 3 is 2.83 bits per heavy atom. The van der Waals surface area contributed by atoms with Crippen LogP contribution < -0.4 is 10.1 Å². The minimum atomic E-state index is -0.171. The van der Waals surface area contributed by atoms with Gasteiger partial charge in [-0.2, -0.15) is 0 Å². The summed E-state index contributed by atoms with van der Waals surface area (Å²) in [7, 11) is 0. The van der Waals surface area contributed by atoms with E-state index in [1.807, 2.05) is 37.3 Å². The molecule has 2 aromatic rings. The van der Waals surface area contributed by atoms with Crippen LogP contribution in [0.3, 0.4) is 0 Å². The van der Waals surface area contributed by atoms with Crippen molar-refractivity contribution in [3.05, 3.63) is 53.9 Å². The van der Waals surface area contributed by atoms with E-state index in [4.69, 9.17) is 9.47 Å². The van der Waals surface area contributed by atoms with Crippen LogP contribution in [0.5, 0.6) is 5.75 Å². The number of aryl methyl sites for hydroxylation is 1. The molecule has 126 valence electrons. The normalized spacial score (nSPS) is 17.3. The number of hydrogen-bond acceptors (Lipinski definition) is 4. The molecule has 0 radical (unpaired) electrons. The molecule has 1 saturated heterocycles. The van der Waals surface area contributed by atoms with Gasteiger partial charge in [0.15, 0.2) is 0 Å². The summed E-state index contributed by atoms with van der Waals surface area (Å²) in [4.78, 5) is 16.2. The summed E-state index contributed by atoms with van der Waals surface area (Å²) in [6.45, 7) is 3.30. The summed E-state index contributed by atoms with van der Waals surface area (Å²) in [6.07, 6.45) is 6.86. The number of rotatable bonds is 5. The summed E-state index contributed by atoms with van der Waals surface area (Å²) in [5.74, 6) is 0.606. The summed E-state index contributed by atoms with van der Waals surface area (Å²) in [5, 5.41) is 2.86. The maximum absolute atomic E-state index is 12.2. The van der Waals surface area contributed by atoms with E-state index in [1.165, 1.54) is 6.42 Å². The third-order valence-corrected chi connectivity index (χ3v) is 3.96. The number of carbonyl (C=O) groups excluding carboxylic acids is 1. The number of anilines is 1. The molecule has 1 aliphatic heterocycles. The molecule has 24 heavy (non-hydrogen) atoms. The Hall–Kier alpha value is -2.40. The van der Waals surface area contributed by atoms with Crippen molar-refractivity contribution in [2.45, 2.75) is 32.3 Å². The highest BCUT2D eigenvalue weighted by Crippen LogP contribution is 2.19. The fourth-order valence-corrected chi connectivity index (χ4v) is 2.64. The molecule has 0 saturated carbocycles. The van der Waals surface area contributed by atoms with Gasteiger partial charge < -0.3 is 14.8 Å². The molecule has 1 aromatic heterocycles. The highest BCUT2D eigenvalue weighted by molar-refractivity contribution is 6.04. The lowest BCUT2D eigenvalue weighted by Crippen LogP contribution is -2.25. The van der Waals surface area contributed by atoms with Crippen LogP contribution in [0.1, 0.15) is 35.2 Å². The van der Waals surface area contributed by atoms with Gasteiger partial charge in [0.25, 0.3) is 5.91 Å². The third-order valence-electron chi connectivity index (χ3n) is 3.96. The monoisotopic (exact) mass is 326 g/mol. The van der Waals surface area contributed by atoms with E-state index < -0.39 is 0 Å². The molecule has 1 amide bonds. The second-order valence-corrected chi connectivity index (χ2v) is 6.03. The third kappa shape index (κ3) is 4.55. The topological polar surface area (TPSA) is 60.5 Å². The van der Waals surface area contributed by atoms with E-state index in [-0.39, 0.29) is 12.0 Å². The van der Waals surface area contributed by atoms with Crippen LogP contribution in [0.4, 0.5) is 5.69 Å². The van der Waals surface area contributed by atoms with Gasteiger partial charge in [0, 0.05) is 24.7 Å². The second kappa shape index (κ2) is 7.93. The predicted octanol–water partition coefficient (Wildman–Crippen LogP) is 3.59. The van der Waals surface area contributed by atoms with E-state index in [0.717, 1.165) is 36.4 Å². The van der Waals surface area contributed by atoms with Crippen LogP contribution >= 0.6 is 0 Å². The van der Waals surface area contributed by atoms with Gasteiger partial charge in [-0.25, -0.2) is 0 Å². The van der Waals surface area contributed by atoms with Crippen LogP contribution in [0.15, 0.2) is 42.7 Å². The summed E-state index contributed by atoms with van der Waals surface area (Å²) in [6, 6.07) is 9.18. The molecule has 1 aromatic carbocycles. The van der Waals surface area contributed by atoms with Gasteiger partial charge in [-0.05, 0) is 62.1 Å². The van der Waals surface area contributed by atoms with E-state index in [2.05, 4.69) is 10.3 Å². The van der Waals surface area contributed by atoms with Crippen molar-refractivity contribution >= 4 is 11.6 Å². The molecule has 1 unspecified atom stereocenters. The van der Waals surface area contributed by atoms with E-state index in [1.54, 1.807) is 12.4 Å². The zero-order chi connectivity index (χ0) is 16.8. The predicted molar refractivity (Wildman–Crippen MR) is 92.5 cm³/mol. The first-order valence-corrected chi connectivity index (χ1v) is 8.28.